The van der Waals surface area contributed by atoms with Crippen LogP contribution in [-0.2, 0) is 0 Å². The van der Waals surface area contributed by atoms with Gasteiger partial charge in [0.1, 0.15) is 0 Å². The second kappa shape index (κ2) is 8.89. The number of hydrogen-bond donors (Lipinski definition) is 3. The number of rotatable bonds is 6. The largest absolute Gasteiger partial charge is 0.393 e. The van der Waals surface area contributed by atoms with Crippen molar-refractivity contribution in [1.82, 2.24) is 10.6 Å². The van der Waals surface area contributed by atoms with Crippen molar-refractivity contribution in [2.45, 2.75) is 75.2 Å². The number of aliphatic hydroxyl groups excluding tert-OH is 1. The molecule has 2 amide bonds. The van der Waals surface area contributed by atoms with Gasteiger partial charge in [-0.2, -0.15) is 11.8 Å². The normalized spacial score (nSPS) is 32.9. The van der Waals surface area contributed by atoms with Crippen molar-refractivity contribution in [1.29, 1.82) is 0 Å². The van der Waals surface area contributed by atoms with E-state index in [1.165, 1.54) is 12.8 Å². The lowest BCUT2D eigenvalue weighted by Crippen LogP contribution is -2.41. The molecule has 0 bridgehead atoms. The smallest absolute Gasteiger partial charge is 0.315 e. The average molecular weight is 314 g/mol. The molecular weight excluding hydrogens is 284 g/mol. The van der Waals surface area contributed by atoms with Gasteiger partial charge in [0.25, 0.3) is 0 Å². The fraction of sp³-hybridized carbons (Fsp3) is 0.938. The molecule has 4 unspecified atom stereocenters. The first-order valence-electron chi connectivity index (χ1n) is 8.44. The quantitative estimate of drug-likeness (QED) is 0.661. The maximum Gasteiger partial charge on any atom is 0.315 e. The molecule has 2 saturated carbocycles. The van der Waals surface area contributed by atoms with Crippen LogP contribution in [0.15, 0.2) is 0 Å². The van der Waals surface area contributed by atoms with Crippen molar-refractivity contribution < 1.29 is 9.90 Å². The predicted octanol–water partition coefficient (Wildman–Crippen LogP) is 2.90. The van der Waals surface area contributed by atoms with Gasteiger partial charge in [-0.25, -0.2) is 4.79 Å². The maximum absolute atomic E-state index is 11.8. The van der Waals surface area contributed by atoms with Gasteiger partial charge in [0.2, 0.25) is 0 Å². The summed E-state index contributed by atoms with van der Waals surface area (Å²) < 4.78 is 0. The molecule has 0 radical (unpaired) electrons. The van der Waals surface area contributed by atoms with Gasteiger partial charge in [0.05, 0.1) is 6.10 Å². The maximum atomic E-state index is 11.8. The van der Waals surface area contributed by atoms with Gasteiger partial charge in [0.15, 0.2) is 0 Å². The van der Waals surface area contributed by atoms with E-state index in [1.807, 2.05) is 11.8 Å². The van der Waals surface area contributed by atoms with Crippen LogP contribution in [0, 0.1) is 5.92 Å². The summed E-state index contributed by atoms with van der Waals surface area (Å²) in [7, 11) is 0. The Labute approximate surface area is 132 Å². The molecule has 0 aliphatic heterocycles. The summed E-state index contributed by atoms with van der Waals surface area (Å²) >= 11 is 1.91. The van der Waals surface area contributed by atoms with Crippen LogP contribution in [0.5, 0.6) is 0 Å². The van der Waals surface area contributed by atoms with Crippen LogP contribution >= 0.6 is 11.8 Å². The van der Waals surface area contributed by atoms with E-state index in [0.717, 1.165) is 44.9 Å². The standard InChI is InChI=1S/C16H30N2O2S/c1-21-14-9-8-13(11-14)18-16(20)17-10-4-6-12-5-2-3-7-15(12)19/h12-15,19H,2-11H2,1H3,(H2,17,18,20). The van der Waals surface area contributed by atoms with Crippen molar-refractivity contribution >= 4 is 17.8 Å². The van der Waals surface area contributed by atoms with E-state index >= 15 is 0 Å². The van der Waals surface area contributed by atoms with Gasteiger partial charge in [-0.3, -0.25) is 0 Å². The van der Waals surface area contributed by atoms with E-state index in [2.05, 4.69) is 16.9 Å². The minimum atomic E-state index is -0.116. The average Bonchev–Trinajstić information content (AvgIpc) is 2.93. The Morgan fingerprint density at radius 1 is 1.24 bits per heavy atom. The van der Waals surface area contributed by atoms with Crippen LogP contribution in [0.1, 0.15) is 57.8 Å². The molecule has 0 spiro atoms. The Bertz CT molecular complexity index is 327. The molecule has 0 aromatic heterocycles. The SMILES string of the molecule is CSC1CCC(NC(=O)NCCCC2CCCCC2O)C1. The van der Waals surface area contributed by atoms with Gasteiger partial charge in [0, 0.05) is 17.8 Å². The van der Waals surface area contributed by atoms with Crippen molar-refractivity contribution in [3.63, 3.8) is 0 Å². The van der Waals surface area contributed by atoms with E-state index in [9.17, 15) is 9.90 Å². The molecule has 5 heteroatoms. The van der Waals surface area contributed by atoms with Crippen LogP contribution in [0.3, 0.4) is 0 Å². The third-order valence-electron chi connectivity index (χ3n) is 4.96. The second-order valence-electron chi connectivity index (χ2n) is 6.52. The molecule has 2 rings (SSSR count). The minimum Gasteiger partial charge on any atom is -0.393 e. The van der Waals surface area contributed by atoms with E-state index in [0.29, 0.717) is 23.8 Å². The second-order valence-corrected chi connectivity index (χ2v) is 7.66. The van der Waals surface area contributed by atoms with Crippen LogP contribution < -0.4 is 10.6 Å². The summed E-state index contributed by atoms with van der Waals surface area (Å²) in [6, 6.07) is 0.327. The van der Waals surface area contributed by atoms with E-state index in [-0.39, 0.29) is 12.1 Å². The Kier molecular flexibility index (Phi) is 7.17. The lowest BCUT2D eigenvalue weighted by atomic mass is 9.83. The number of nitrogens with one attached hydrogen (secondary N) is 2. The molecule has 0 saturated heterocycles. The van der Waals surface area contributed by atoms with Crippen LogP contribution in [0.25, 0.3) is 0 Å². The van der Waals surface area contributed by atoms with Gasteiger partial charge in [-0.05, 0) is 57.1 Å². The Morgan fingerprint density at radius 2 is 2.05 bits per heavy atom. The molecule has 2 fully saturated rings. The Hall–Kier alpha value is -0.420. The number of carbonyl (C=O) groups is 1. The number of aliphatic hydroxyl groups is 1. The summed E-state index contributed by atoms with van der Waals surface area (Å²) in [4.78, 5) is 11.8. The zero-order valence-electron chi connectivity index (χ0n) is 13.1. The lowest BCUT2D eigenvalue weighted by Gasteiger charge is -2.27. The molecule has 2 aliphatic rings. The van der Waals surface area contributed by atoms with E-state index in [1.54, 1.807) is 0 Å². The first kappa shape index (κ1) is 16.9. The van der Waals surface area contributed by atoms with Crippen molar-refractivity contribution in [2.75, 3.05) is 12.8 Å². The van der Waals surface area contributed by atoms with E-state index in [4.69, 9.17) is 0 Å². The monoisotopic (exact) mass is 314 g/mol. The highest BCUT2D eigenvalue weighted by molar-refractivity contribution is 7.99. The molecule has 21 heavy (non-hydrogen) atoms. The first-order valence-corrected chi connectivity index (χ1v) is 9.73. The summed E-state index contributed by atoms with van der Waals surface area (Å²) in [5, 5.41) is 16.7. The molecule has 0 aromatic rings. The zero-order valence-corrected chi connectivity index (χ0v) is 14.0. The fourth-order valence-corrected chi connectivity index (χ4v) is 4.41. The molecule has 3 N–H and O–H groups in total. The topological polar surface area (TPSA) is 61.4 Å². The highest BCUT2D eigenvalue weighted by Crippen LogP contribution is 2.28. The number of amides is 2. The molecule has 122 valence electrons. The number of thioether (sulfide) groups is 1. The molecule has 0 heterocycles. The summed E-state index contributed by atoms with van der Waals surface area (Å²) in [5.74, 6) is 0.445. The van der Waals surface area contributed by atoms with Gasteiger partial charge < -0.3 is 15.7 Å². The highest BCUT2D eigenvalue weighted by atomic mass is 32.2. The summed E-state index contributed by atoms with van der Waals surface area (Å²) in [6.45, 7) is 0.716. The van der Waals surface area contributed by atoms with Crippen molar-refractivity contribution in [3.05, 3.63) is 0 Å². The van der Waals surface area contributed by atoms with Crippen LogP contribution in [-0.4, -0.2) is 41.3 Å². The van der Waals surface area contributed by atoms with Gasteiger partial charge in [-0.15, -0.1) is 0 Å². The first-order chi connectivity index (χ1) is 10.2. The minimum absolute atomic E-state index is 0.0223. The summed E-state index contributed by atoms with van der Waals surface area (Å²) in [6.07, 6.45) is 11.9. The highest BCUT2D eigenvalue weighted by Gasteiger charge is 2.25. The molecule has 4 atom stereocenters. The fourth-order valence-electron chi connectivity index (χ4n) is 3.61. The molecule has 4 nitrogen and oxygen atoms in total. The van der Waals surface area contributed by atoms with Crippen molar-refractivity contribution in [3.8, 4) is 0 Å². The van der Waals surface area contributed by atoms with Crippen LogP contribution in [0.4, 0.5) is 4.79 Å². The molecule has 0 aromatic carbocycles. The lowest BCUT2D eigenvalue weighted by molar-refractivity contribution is 0.0644. The third-order valence-corrected chi connectivity index (χ3v) is 6.05. The zero-order chi connectivity index (χ0) is 15.1. The Morgan fingerprint density at radius 3 is 2.76 bits per heavy atom. The van der Waals surface area contributed by atoms with Gasteiger partial charge >= 0.3 is 6.03 Å². The molecule has 2 aliphatic carbocycles. The van der Waals surface area contributed by atoms with Gasteiger partial charge in [-0.1, -0.05) is 12.8 Å². The number of urea groups is 1. The van der Waals surface area contributed by atoms with E-state index < -0.39 is 0 Å². The van der Waals surface area contributed by atoms with Crippen molar-refractivity contribution in [2.24, 2.45) is 5.92 Å². The summed E-state index contributed by atoms with van der Waals surface area (Å²) in [5.41, 5.74) is 0. The number of hydrogen-bond acceptors (Lipinski definition) is 3. The number of carbonyl (C=O) groups excluding carboxylic acids is 1. The van der Waals surface area contributed by atoms with Crippen LogP contribution in [0.2, 0.25) is 0 Å². The predicted molar refractivity (Wildman–Crippen MR) is 88.7 cm³/mol. The Balaban J connectivity index is 1.53. The third kappa shape index (κ3) is 5.70. The molecular formula is C16H30N2O2S.